The molecule has 1 atom stereocenters. The predicted octanol–water partition coefficient (Wildman–Crippen LogP) is 6.39. The van der Waals surface area contributed by atoms with Crippen molar-refractivity contribution in [3.63, 3.8) is 0 Å². The maximum absolute atomic E-state index is 13.9. The number of unbranched alkanes of at least 4 members (excludes halogenated alkanes) is 2. The fourth-order valence-electron chi connectivity index (χ4n) is 5.28. The van der Waals surface area contributed by atoms with Crippen molar-refractivity contribution in [1.29, 1.82) is 0 Å². The zero-order valence-corrected chi connectivity index (χ0v) is 26.0. The lowest BCUT2D eigenvalue weighted by molar-refractivity contribution is -0.132. The Kier molecular flexibility index (Phi) is 12.3. The second-order valence-electron chi connectivity index (χ2n) is 10.8. The number of aryl methyl sites for hydroxylation is 1. The van der Waals surface area contributed by atoms with Gasteiger partial charge in [0.15, 0.2) is 11.5 Å². The molecule has 0 aliphatic carbocycles. The van der Waals surface area contributed by atoms with Crippen LogP contribution in [0.3, 0.4) is 0 Å². The molecule has 1 saturated heterocycles. The van der Waals surface area contributed by atoms with Gasteiger partial charge in [-0.15, -0.1) is 11.3 Å². The summed E-state index contributed by atoms with van der Waals surface area (Å²) in [6.07, 6.45) is 7.01. The Morgan fingerprint density at radius 1 is 0.952 bits per heavy atom. The van der Waals surface area contributed by atoms with Crippen LogP contribution in [0.4, 0.5) is 0 Å². The standard InChI is InChI=1S/C34H44N2O5S/c1-4-5-6-9-26-12-15-28(16-13-26)34(38)36(23-29-10-7-20-41-29)25-33(37)35(24-30-11-8-21-42-30)19-18-27-14-17-31(39-2)32(22-27)40-3/h8,11-17,21-22,29H,4-7,9-10,18-20,23-25H2,1-3H3. The summed E-state index contributed by atoms with van der Waals surface area (Å²) in [4.78, 5) is 32.3. The first kappa shape index (κ1) is 31.6. The third-order valence-electron chi connectivity index (χ3n) is 7.73. The number of hydrogen-bond acceptors (Lipinski definition) is 6. The van der Waals surface area contributed by atoms with Gasteiger partial charge in [0, 0.05) is 30.1 Å². The first-order chi connectivity index (χ1) is 20.5. The largest absolute Gasteiger partial charge is 0.493 e. The van der Waals surface area contributed by atoms with E-state index in [9.17, 15) is 9.59 Å². The minimum absolute atomic E-state index is 0.00819. The first-order valence-electron chi connectivity index (χ1n) is 15.0. The molecule has 2 amide bonds. The second kappa shape index (κ2) is 16.3. The SMILES string of the molecule is CCCCCc1ccc(C(=O)N(CC(=O)N(CCc2ccc(OC)c(OC)c2)Cc2cccs2)CC2CCCO2)cc1. The molecule has 4 rings (SSSR count). The average molecular weight is 593 g/mol. The Hall–Kier alpha value is -3.36. The summed E-state index contributed by atoms with van der Waals surface area (Å²) >= 11 is 1.63. The Morgan fingerprint density at radius 2 is 1.74 bits per heavy atom. The summed E-state index contributed by atoms with van der Waals surface area (Å²) < 4.78 is 16.7. The Balaban J connectivity index is 1.49. The van der Waals surface area contributed by atoms with Crippen LogP contribution < -0.4 is 9.47 Å². The molecule has 1 aliphatic heterocycles. The van der Waals surface area contributed by atoms with Gasteiger partial charge in [0.2, 0.25) is 5.91 Å². The number of thiophene rings is 1. The van der Waals surface area contributed by atoms with Crippen LogP contribution in [0.2, 0.25) is 0 Å². The number of amides is 2. The summed E-state index contributed by atoms with van der Waals surface area (Å²) in [7, 11) is 3.23. The third-order valence-corrected chi connectivity index (χ3v) is 8.59. The Bertz CT molecular complexity index is 1260. The number of nitrogens with zero attached hydrogens (tertiary/aromatic N) is 2. The maximum atomic E-state index is 13.9. The zero-order chi connectivity index (χ0) is 29.7. The quantitative estimate of drug-likeness (QED) is 0.180. The highest BCUT2D eigenvalue weighted by molar-refractivity contribution is 7.09. The van der Waals surface area contributed by atoms with Gasteiger partial charge in [-0.2, -0.15) is 0 Å². The van der Waals surface area contributed by atoms with Gasteiger partial charge in [0.1, 0.15) is 6.54 Å². The normalized spacial score (nSPS) is 14.5. The van der Waals surface area contributed by atoms with Gasteiger partial charge in [0.25, 0.3) is 5.91 Å². The first-order valence-corrected chi connectivity index (χ1v) is 15.9. The minimum Gasteiger partial charge on any atom is -0.493 e. The van der Waals surface area contributed by atoms with Crippen LogP contribution in [-0.4, -0.2) is 68.2 Å². The Morgan fingerprint density at radius 3 is 2.40 bits per heavy atom. The second-order valence-corrected chi connectivity index (χ2v) is 11.8. The van der Waals surface area contributed by atoms with Crippen LogP contribution in [0, 0.1) is 0 Å². The van der Waals surface area contributed by atoms with Gasteiger partial charge in [-0.3, -0.25) is 9.59 Å². The predicted molar refractivity (Wildman–Crippen MR) is 168 cm³/mol. The van der Waals surface area contributed by atoms with Crippen LogP contribution >= 0.6 is 11.3 Å². The van der Waals surface area contributed by atoms with Crippen molar-refractivity contribution in [3.8, 4) is 11.5 Å². The van der Waals surface area contributed by atoms with Crippen molar-refractivity contribution >= 4 is 23.2 Å². The van der Waals surface area contributed by atoms with Crippen molar-refractivity contribution in [2.24, 2.45) is 0 Å². The zero-order valence-electron chi connectivity index (χ0n) is 25.2. The van der Waals surface area contributed by atoms with E-state index in [0.29, 0.717) is 49.7 Å². The molecule has 1 aliphatic rings. The molecule has 0 N–H and O–H groups in total. The summed E-state index contributed by atoms with van der Waals surface area (Å²) in [5.41, 5.74) is 2.89. The molecule has 226 valence electrons. The fraction of sp³-hybridized carbons (Fsp3) is 0.471. The van der Waals surface area contributed by atoms with Crippen molar-refractivity contribution in [2.75, 3.05) is 40.5 Å². The molecule has 1 unspecified atom stereocenters. The van der Waals surface area contributed by atoms with Crippen molar-refractivity contribution < 1.29 is 23.8 Å². The van der Waals surface area contributed by atoms with Crippen molar-refractivity contribution in [1.82, 2.24) is 9.80 Å². The molecule has 0 saturated carbocycles. The van der Waals surface area contributed by atoms with Crippen molar-refractivity contribution in [3.05, 3.63) is 81.5 Å². The molecule has 2 heterocycles. The molecule has 2 aromatic carbocycles. The van der Waals surface area contributed by atoms with E-state index in [4.69, 9.17) is 14.2 Å². The van der Waals surface area contributed by atoms with Gasteiger partial charge in [-0.25, -0.2) is 0 Å². The molecule has 1 aromatic heterocycles. The van der Waals surface area contributed by atoms with Crippen LogP contribution in [0.5, 0.6) is 11.5 Å². The number of methoxy groups -OCH3 is 2. The van der Waals surface area contributed by atoms with E-state index in [1.54, 1.807) is 30.5 Å². The molecule has 3 aromatic rings. The molecule has 1 fully saturated rings. The lowest BCUT2D eigenvalue weighted by Gasteiger charge is -2.29. The highest BCUT2D eigenvalue weighted by atomic mass is 32.1. The molecule has 42 heavy (non-hydrogen) atoms. The maximum Gasteiger partial charge on any atom is 0.254 e. The molecular formula is C34H44N2O5S. The van der Waals surface area contributed by atoms with Crippen LogP contribution in [0.1, 0.15) is 65.4 Å². The number of benzene rings is 2. The summed E-state index contributed by atoms with van der Waals surface area (Å²) in [5.74, 6) is 1.13. The van der Waals surface area contributed by atoms with Gasteiger partial charge in [-0.1, -0.05) is 44.0 Å². The number of rotatable bonds is 16. The highest BCUT2D eigenvalue weighted by Gasteiger charge is 2.27. The number of carbonyl (C=O) groups is 2. The van der Waals surface area contributed by atoms with Gasteiger partial charge >= 0.3 is 0 Å². The fourth-order valence-corrected chi connectivity index (χ4v) is 5.99. The summed E-state index contributed by atoms with van der Waals surface area (Å²) in [6, 6.07) is 17.8. The van der Waals surface area contributed by atoms with Gasteiger partial charge < -0.3 is 24.0 Å². The Labute approximate surface area is 254 Å². The van der Waals surface area contributed by atoms with Crippen LogP contribution in [-0.2, 0) is 28.9 Å². The van der Waals surface area contributed by atoms with Crippen LogP contribution in [0.15, 0.2) is 60.0 Å². The van der Waals surface area contributed by atoms with E-state index >= 15 is 0 Å². The molecule has 0 radical (unpaired) electrons. The molecule has 0 bridgehead atoms. The smallest absolute Gasteiger partial charge is 0.254 e. The number of hydrogen-bond donors (Lipinski definition) is 0. The lowest BCUT2D eigenvalue weighted by Crippen LogP contribution is -2.45. The highest BCUT2D eigenvalue weighted by Crippen LogP contribution is 2.28. The average Bonchev–Trinajstić information content (AvgIpc) is 3.73. The lowest BCUT2D eigenvalue weighted by atomic mass is 10.0. The van der Waals surface area contributed by atoms with E-state index in [0.717, 1.165) is 36.1 Å². The third kappa shape index (κ3) is 9.07. The van der Waals surface area contributed by atoms with Gasteiger partial charge in [-0.05, 0) is 78.9 Å². The minimum atomic E-state index is -0.130. The monoisotopic (exact) mass is 592 g/mol. The van der Waals surface area contributed by atoms with E-state index < -0.39 is 0 Å². The van der Waals surface area contributed by atoms with Crippen molar-refractivity contribution in [2.45, 2.75) is 64.5 Å². The number of ether oxygens (including phenoxy) is 3. The van der Waals surface area contributed by atoms with E-state index in [2.05, 4.69) is 6.92 Å². The van der Waals surface area contributed by atoms with Gasteiger partial charge in [0.05, 0.1) is 26.9 Å². The summed E-state index contributed by atoms with van der Waals surface area (Å²) in [6.45, 7) is 4.32. The number of carbonyl (C=O) groups excluding carboxylic acids is 2. The van der Waals surface area contributed by atoms with E-state index in [1.807, 2.05) is 64.9 Å². The molecule has 8 heteroatoms. The molecule has 0 spiro atoms. The molecular weight excluding hydrogens is 548 g/mol. The van der Waals surface area contributed by atoms with E-state index in [-0.39, 0.29) is 24.5 Å². The topological polar surface area (TPSA) is 68.3 Å². The molecule has 7 nitrogen and oxygen atoms in total. The summed E-state index contributed by atoms with van der Waals surface area (Å²) in [5, 5.41) is 2.02. The van der Waals surface area contributed by atoms with E-state index in [1.165, 1.54) is 18.4 Å². The van der Waals surface area contributed by atoms with Crippen LogP contribution in [0.25, 0.3) is 0 Å².